The van der Waals surface area contributed by atoms with E-state index in [1.807, 2.05) is 70.2 Å². The lowest BCUT2D eigenvalue weighted by Gasteiger charge is -2.32. The normalized spacial score (nSPS) is 27.2. The summed E-state index contributed by atoms with van der Waals surface area (Å²) in [7, 11) is -0.333. The van der Waals surface area contributed by atoms with Crippen LogP contribution in [0.25, 0.3) is 6.08 Å². The summed E-state index contributed by atoms with van der Waals surface area (Å²) >= 11 is 0. The zero-order valence-electron chi connectivity index (χ0n) is 16.2. The molecule has 3 rings (SSSR count). The first-order valence-electron chi connectivity index (χ1n) is 9.54. The Hall–Kier alpha value is -1.59. The Morgan fingerprint density at radius 3 is 2.46 bits per heavy atom. The molecule has 1 saturated heterocycles. The maximum Gasteiger partial charge on any atom is 0.462 e. The van der Waals surface area contributed by atoms with E-state index in [4.69, 9.17) is 14.0 Å². The predicted molar refractivity (Wildman–Crippen MR) is 104 cm³/mol. The van der Waals surface area contributed by atoms with Crippen molar-refractivity contribution in [3.05, 3.63) is 42.0 Å². The summed E-state index contributed by atoms with van der Waals surface area (Å²) in [5.41, 5.74) is 0.361. The average Bonchev–Trinajstić information content (AvgIpc) is 3.15. The highest BCUT2D eigenvalue weighted by molar-refractivity contribution is 6.48. The Morgan fingerprint density at radius 2 is 1.81 bits per heavy atom. The van der Waals surface area contributed by atoms with Crippen LogP contribution in [0.3, 0.4) is 0 Å². The van der Waals surface area contributed by atoms with Gasteiger partial charge in [0.1, 0.15) is 6.61 Å². The molecule has 5 heteroatoms. The minimum atomic E-state index is -0.368. The first-order chi connectivity index (χ1) is 12.3. The molecule has 2 atom stereocenters. The summed E-state index contributed by atoms with van der Waals surface area (Å²) < 4.78 is 17.8. The number of carbonyl (C=O) groups is 1. The van der Waals surface area contributed by atoms with Gasteiger partial charge < -0.3 is 14.0 Å². The summed E-state index contributed by atoms with van der Waals surface area (Å²) in [5.74, 6) is -0.212. The van der Waals surface area contributed by atoms with Crippen LogP contribution >= 0.6 is 0 Å². The lowest BCUT2D eigenvalue weighted by Crippen LogP contribution is -2.41. The second-order valence-corrected chi connectivity index (χ2v) is 8.27. The van der Waals surface area contributed by atoms with Gasteiger partial charge in [-0.25, -0.2) is 0 Å². The van der Waals surface area contributed by atoms with Crippen LogP contribution in [0.2, 0.25) is 5.82 Å². The Labute approximate surface area is 157 Å². The van der Waals surface area contributed by atoms with Crippen LogP contribution < -0.4 is 0 Å². The molecule has 4 nitrogen and oxygen atoms in total. The molecule has 140 valence electrons. The SMILES string of the molecule is CC1(C)OB([C@H]2CCC[C@H]2C(=O)OC/C=C/c2ccccc2)OC1(C)C. The fraction of sp³-hybridized carbons (Fsp3) is 0.571. The van der Waals surface area contributed by atoms with Crippen molar-refractivity contribution in [1.29, 1.82) is 0 Å². The maximum atomic E-state index is 12.6. The van der Waals surface area contributed by atoms with Gasteiger partial charge in [-0.3, -0.25) is 4.79 Å². The molecule has 1 saturated carbocycles. The summed E-state index contributed by atoms with van der Waals surface area (Å²) in [6.07, 6.45) is 6.64. The van der Waals surface area contributed by atoms with Crippen molar-refractivity contribution >= 4 is 19.2 Å². The Kier molecular flexibility index (Phi) is 5.59. The standard InChI is InChI=1S/C21H29BO4/c1-20(2)21(3,4)26-22(25-20)18-14-8-13-17(18)19(23)24-15-9-12-16-10-6-5-7-11-16/h5-7,9-12,17-18H,8,13-15H2,1-4H3/b12-9+/t17-,18+/m1/s1. The number of hydrogen-bond acceptors (Lipinski definition) is 4. The molecule has 0 spiro atoms. The van der Waals surface area contributed by atoms with Gasteiger partial charge in [0.2, 0.25) is 0 Å². The molecule has 0 amide bonds. The van der Waals surface area contributed by atoms with E-state index in [0.29, 0.717) is 6.61 Å². The van der Waals surface area contributed by atoms with Crippen LogP contribution in [0, 0.1) is 5.92 Å². The summed E-state index contributed by atoms with van der Waals surface area (Å²) in [6.45, 7) is 8.47. The summed E-state index contributed by atoms with van der Waals surface area (Å²) in [5, 5.41) is 0. The first kappa shape index (κ1) is 19.2. The van der Waals surface area contributed by atoms with Crippen molar-refractivity contribution in [2.75, 3.05) is 6.61 Å². The molecule has 0 N–H and O–H groups in total. The number of ether oxygens (including phenoxy) is 1. The summed E-state index contributed by atoms with van der Waals surface area (Å²) in [6, 6.07) is 9.99. The fourth-order valence-corrected chi connectivity index (χ4v) is 3.66. The molecule has 1 aromatic rings. The highest BCUT2D eigenvalue weighted by atomic mass is 16.7. The van der Waals surface area contributed by atoms with Crippen LogP contribution in [0.4, 0.5) is 0 Å². The Bertz CT molecular complexity index is 637. The van der Waals surface area contributed by atoms with Crippen LogP contribution in [0.1, 0.15) is 52.5 Å². The van der Waals surface area contributed by atoms with Crippen molar-refractivity contribution in [2.45, 2.75) is 64.0 Å². The minimum Gasteiger partial charge on any atom is -0.461 e. The monoisotopic (exact) mass is 356 g/mol. The number of esters is 1. The molecule has 0 unspecified atom stereocenters. The van der Waals surface area contributed by atoms with Crippen LogP contribution in [0.5, 0.6) is 0 Å². The number of carbonyl (C=O) groups excluding carboxylic acids is 1. The third kappa shape index (κ3) is 4.04. The van der Waals surface area contributed by atoms with E-state index in [0.717, 1.165) is 24.8 Å². The second-order valence-electron chi connectivity index (χ2n) is 8.27. The number of benzene rings is 1. The van der Waals surface area contributed by atoms with Gasteiger partial charge in [-0.05, 0) is 45.8 Å². The molecule has 1 aliphatic heterocycles. The van der Waals surface area contributed by atoms with Crippen molar-refractivity contribution in [3.8, 4) is 0 Å². The van der Waals surface area contributed by atoms with Crippen LogP contribution in [-0.2, 0) is 18.8 Å². The minimum absolute atomic E-state index is 0.0710. The molecule has 2 aliphatic rings. The smallest absolute Gasteiger partial charge is 0.461 e. The quantitative estimate of drug-likeness (QED) is 0.575. The van der Waals surface area contributed by atoms with Gasteiger partial charge in [-0.15, -0.1) is 0 Å². The predicted octanol–water partition coefficient (Wildman–Crippen LogP) is 4.51. The third-order valence-electron chi connectivity index (χ3n) is 5.92. The highest BCUT2D eigenvalue weighted by Gasteiger charge is 2.56. The number of rotatable bonds is 5. The molecular formula is C21H29BO4. The van der Waals surface area contributed by atoms with Crippen LogP contribution in [-0.4, -0.2) is 30.9 Å². The zero-order valence-corrected chi connectivity index (χ0v) is 16.2. The van der Waals surface area contributed by atoms with Gasteiger partial charge in [-0.1, -0.05) is 49.2 Å². The molecule has 26 heavy (non-hydrogen) atoms. The van der Waals surface area contributed by atoms with Gasteiger partial charge in [-0.2, -0.15) is 0 Å². The van der Waals surface area contributed by atoms with Crippen molar-refractivity contribution in [2.24, 2.45) is 5.92 Å². The zero-order chi connectivity index (χ0) is 18.8. The van der Waals surface area contributed by atoms with Gasteiger partial charge in [0, 0.05) is 5.82 Å². The Morgan fingerprint density at radius 1 is 1.15 bits per heavy atom. The molecule has 1 aliphatic carbocycles. The average molecular weight is 356 g/mol. The van der Waals surface area contributed by atoms with E-state index in [1.165, 1.54) is 0 Å². The highest BCUT2D eigenvalue weighted by Crippen LogP contribution is 2.47. The second kappa shape index (κ2) is 7.57. The Balaban J connectivity index is 1.55. The summed E-state index contributed by atoms with van der Waals surface area (Å²) in [4.78, 5) is 12.6. The fourth-order valence-electron chi connectivity index (χ4n) is 3.66. The lowest BCUT2D eigenvalue weighted by molar-refractivity contribution is -0.147. The topological polar surface area (TPSA) is 44.8 Å². The first-order valence-corrected chi connectivity index (χ1v) is 9.54. The van der Waals surface area contributed by atoms with E-state index in [-0.39, 0.29) is 36.0 Å². The van der Waals surface area contributed by atoms with Crippen LogP contribution in [0.15, 0.2) is 36.4 Å². The molecule has 1 heterocycles. The molecule has 0 radical (unpaired) electrons. The molecule has 2 fully saturated rings. The van der Waals surface area contributed by atoms with Crippen molar-refractivity contribution in [1.82, 2.24) is 0 Å². The largest absolute Gasteiger partial charge is 0.462 e. The van der Waals surface area contributed by atoms with Gasteiger partial charge in [0.15, 0.2) is 0 Å². The third-order valence-corrected chi connectivity index (χ3v) is 5.92. The molecule has 0 bridgehead atoms. The maximum absolute atomic E-state index is 12.6. The molecule has 1 aromatic carbocycles. The lowest BCUT2D eigenvalue weighted by atomic mass is 9.66. The van der Waals surface area contributed by atoms with Gasteiger partial charge in [0.05, 0.1) is 17.1 Å². The molecular weight excluding hydrogens is 327 g/mol. The van der Waals surface area contributed by atoms with Crippen molar-refractivity contribution < 1.29 is 18.8 Å². The van der Waals surface area contributed by atoms with Crippen molar-refractivity contribution in [3.63, 3.8) is 0 Å². The van der Waals surface area contributed by atoms with E-state index >= 15 is 0 Å². The van der Waals surface area contributed by atoms with Gasteiger partial charge in [0.25, 0.3) is 0 Å². The van der Waals surface area contributed by atoms with E-state index in [2.05, 4.69) is 0 Å². The van der Waals surface area contributed by atoms with E-state index < -0.39 is 0 Å². The van der Waals surface area contributed by atoms with E-state index in [9.17, 15) is 4.79 Å². The molecule has 0 aromatic heterocycles. The number of hydrogen-bond donors (Lipinski definition) is 0. The van der Waals surface area contributed by atoms with Gasteiger partial charge >= 0.3 is 13.1 Å². The van der Waals surface area contributed by atoms with E-state index in [1.54, 1.807) is 0 Å².